The van der Waals surface area contributed by atoms with Crippen LogP contribution in [-0.2, 0) is 6.54 Å². The van der Waals surface area contributed by atoms with E-state index in [0.717, 1.165) is 16.5 Å². The third kappa shape index (κ3) is 3.04. The van der Waals surface area contributed by atoms with Gasteiger partial charge in [0.25, 0.3) is 0 Å². The summed E-state index contributed by atoms with van der Waals surface area (Å²) in [6.45, 7) is 2.30. The number of fused-ring (bicyclic) bond motifs is 1. The van der Waals surface area contributed by atoms with Crippen LogP contribution >= 0.6 is 0 Å². The molecule has 0 bridgehead atoms. The van der Waals surface area contributed by atoms with Crippen molar-refractivity contribution in [3.63, 3.8) is 0 Å². The molecule has 0 amide bonds. The van der Waals surface area contributed by atoms with Crippen LogP contribution in [0.3, 0.4) is 0 Å². The van der Waals surface area contributed by atoms with Gasteiger partial charge in [-0.1, -0.05) is 24.3 Å². The van der Waals surface area contributed by atoms with Crippen LogP contribution in [0.1, 0.15) is 12.5 Å². The summed E-state index contributed by atoms with van der Waals surface area (Å²) >= 11 is 0. The predicted octanol–water partition coefficient (Wildman–Crippen LogP) is 1.07. The second-order valence-electron chi connectivity index (χ2n) is 4.75. The molecule has 1 unspecified atom stereocenters. The zero-order chi connectivity index (χ0) is 13.0. The first-order valence-corrected chi connectivity index (χ1v) is 5.99. The Morgan fingerprint density at radius 2 is 2.06 bits per heavy atom. The van der Waals surface area contributed by atoms with Gasteiger partial charge in [0.2, 0.25) is 0 Å². The zero-order valence-electron chi connectivity index (χ0n) is 10.4. The van der Waals surface area contributed by atoms with Crippen LogP contribution in [0.5, 0.6) is 0 Å². The Morgan fingerprint density at radius 1 is 1.28 bits per heavy atom. The fraction of sp³-hybridized carbons (Fsp3) is 0.357. The van der Waals surface area contributed by atoms with E-state index in [0.29, 0.717) is 13.1 Å². The fourth-order valence-corrected chi connectivity index (χ4v) is 1.83. The molecule has 0 aliphatic carbocycles. The van der Waals surface area contributed by atoms with Crippen molar-refractivity contribution >= 4 is 10.9 Å². The normalized spacial score (nSPS) is 14.6. The highest BCUT2D eigenvalue weighted by atomic mass is 16.3. The van der Waals surface area contributed by atoms with Crippen LogP contribution in [0.15, 0.2) is 36.5 Å². The number of nitrogens with one attached hydrogen (secondary N) is 1. The van der Waals surface area contributed by atoms with E-state index in [1.54, 1.807) is 13.1 Å². The van der Waals surface area contributed by atoms with Gasteiger partial charge in [-0.2, -0.15) is 0 Å². The average molecular weight is 246 g/mol. The maximum atomic E-state index is 9.69. The molecule has 2 aromatic rings. The minimum absolute atomic E-state index is 0.256. The van der Waals surface area contributed by atoms with Gasteiger partial charge in [-0.05, 0) is 18.6 Å². The second kappa shape index (κ2) is 5.44. The van der Waals surface area contributed by atoms with E-state index in [1.807, 2.05) is 30.3 Å². The lowest BCUT2D eigenvalue weighted by atomic mass is 10.1. The molecule has 1 atom stereocenters. The zero-order valence-corrected chi connectivity index (χ0v) is 10.4. The molecule has 3 N–H and O–H groups in total. The number of aliphatic hydroxyl groups is 2. The molecule has 1 heterocycles. The highest BCUT2D eigenvalue weighted by molar-refractivity contribution is 5.81. The number of hydrogen-bond donors (Lipinski definition) is 3. The molecule has 0 aliphatic heterocycles. The van der Waals surface area contributed by atoms with Gasteiger partial charge in [0.15, 0.2) is 0 Å². The number of nitrogens with zero attached hydrogens (tertiary/aromatic N) is 1. The third-order valence-electron chi connectivity index (χ3n) is 2.88. The van der Waals surface area contributed by atoms with Gasteiger partial charge in [0.05, 0.1) is 17.7 Å². The number of pyridine rings is 1. The van der Waals surface area contributed by atoms with Gasteiger partial charge in [-0.15, -0.1) is 0 Å². The minimum Gasteiger partial charge on any atom is -0.393 e. The monoisotopic (exact) mass is 246 g/mol. The van der Waals surface area contributed by atoms with Gasteiger partial charge in [-0.3, -0.25) is 4.98 Å². The summed E-state index contributed by atoms with van der Waals surface area (Å²) in [5.41, 5.74) is 0.968. The molecule has 1 aromatic carbocycles. The molecule has 0 radical (unpaired) electrons. The number of rotatable bonds is 5. The predicted molar refractivity (Wildman–Crippen MR) is 71.2 cm³/mol. The number of aromatic nitrogens is 1. The van der Waals surface area contributed by atoms with E-state index < -0.39 is 5.60 Å². The summed E-state index contributed by atoms with van der Waals surface area (Å²) < 4.78 is 0. The lowest BCUT2D eigenvalue weighted by Crippen LogP contribution is -2.40. The quantitative estimate of drug-likeness (QED) is 0.738. The largest absolute Gasteiger partial charge is 0.393 e. The van der Waals surface area contributed by atoms with E-state index in [-0.39, 0.29) is 6.61 Å². The van der Waals surface area contributed by atoms with Crippen molar-refractivity contribution in [2.75, 3.05) is 13.2 Å². The van der Waals surface area contributed by atoms with Gasteiger partial charge in [-0.25, -0.2) is 0 Å². The third-order valence-corrected chi connectivity index (χ3v) is 2.88. The molecule has 1 aromatic heterocycles. The molecule has 4 heteroatoms. The van der Waals surface area contributed by atoms with Gasteiger partial charge in [0.1, 0.15) is 0 Å². The van der Waals surface area contributed by atoms with E-state index >= 15 is 0 Å². The Morgan fingerprint density at radius 3 is 2.83 bits per heavy atom. The van der Waals surface area contributed by atoms with Crippen LogP contribution in [0.25, 0.3) is 10.9 Å². The molecule has 0 fully saturated rings. The van der Waals surface area contributed by atoms with Crippen molar-refractivity contribution in [3.05, 3.63) is 42.1 Å². The number of aliphatic hydroxyl groups excluding tert-OH is 1. The number of hydrogen-bond acceptors (Lipinski definition) is 4. The maximum absolute atomic E-state index is 9.69. The molecule has 0 aliphatic rings. The van der Waals surface area contributed by atoms with Crippen LogP contribution < -0.4 is 5.32 Å². The molecule has 0 saturated heterocycles. The Balaban J connectivity index is 2.08. The first kappa shape index (κ1) is 13.0. The van der Waals surface area contributed by atoms with E-state index in [4.69, 9.17) is 5.11 Å². The van der Waals surface area contributed by atoms with Gasteiger partial charge in [0, 0.05) is 24.7 Å². The second-order valence-corrected chi connectivity index (χ2v) is 4.75. The standard InChI is InChI=1S/C14H18N2O2/c1-14(18,10-17)9-15-8-12-5-2-4-11-6-3-7-16-13(11)12/h2-7,15,17-18H,8-10H2,1H3. The maximum Gasteiger partial charge on any atom is 0.0972 e. The fourth-order valence-electron chi connectivity index (χ4n) is 1.83. The highest BCUT2D eigenvalue weighted by Crippen LogP contribution is 2.15. The van der Waals surface area contributed by atoms with E-state index in [1.165, 1.54) is 0 Å². The summed E-state index contributed by atoms with van der Waals surface area (Å²) in [6.07, 6.45) is 1.77. The Bertz CT molecular complexity index is 521. The van der Waals surface area contributed by atoms with Crippen molar-refractivity contribution < 1.29 is 10.2 Å². The Labute approximate surface area is 106 Å². The van der Waals surface area contributed by atoms with Crippen molar-refractivity contribution in [1.82, 2.24) is 10.3 Å². The lowest BCUT2D eigenvalue weighted by Gasteiger charge is -2.20. The molecule has 0 saturated carbocycles. The molecule has 0 spiro atoms. The SMILES string of the molecule is CC(O)(CO)CNCc1cccc2cccnc12. The summed E-state index contributed by atoms with van der Waals surface area (Å²) in [5.74, 6) is 0. The summed E-state index contributed by atoms with van der Waals surface area (Å²) in [5, 5.41) is 22.9. The first-order chi connectivity index (χ1) is 8.62. The lowest BCUT2D eigenvalue weighted by molar-refractivity contribution is 0.00255. The Kier molecular flexibility index (Phi) is 3.91. The smallest absolute Gasteiger partial charge is 0.0972 e. The Hall–Kier alpha value is -1.49. The van der Waals surface area contributed by atoms with Crippen LogP contribution in [0.4, 0.5) is 0 Å². The van der Waals surface area contributed by atoms with E-state index in [9.17, 15) is 5.11 Å². The molecule has 96 valence electrons. The first-order valence-electron chi connectivity index (χ1n) is 5.99. The van der Waals surface area contributed by atoms with E-state index in [2.05, 4.69) is 10.3 Å². The molecule has 4 nitrogen and oxygen atoms in total. The van der Waals surface area contributed by atoms with Gasteiger partial charge < -0.3 is 15.5 Å². The van der Waals surface area contributed by atoms with Crippen molar-refractivity contribution in [3.8, 4) is 0 Å². The summed E-state index contributed by atoms with van der Waals surface area (Å²) in [6, 6.07) is 9.96. The molecular weight excluding hydrogens is 228 g/mol. The van der Waals surface area contributed by atoms with Gasteiger partial charge >= 0.3 is 0 Å². The minimum atomic E-state index is -1.09. The molecule has 18 heavy (non-hydrogen) atoms. The average Bonchev–Trinajstić information content (AvgIpc) is 2.39. The number of para-hydroxylation sites is 1. The van der Waals surface area contributed by atoms with Crippen LogP contribution in [0.2, 0.25) is 0 Å². The molecular formula is C14H18N2O2. The van der Waals surface area contributed by atoms with Crippen molar-refractivity contribution in [2.45, 2.75) is 19.1 Å². The summed E-state index contributed by atoms with van der Waals surface area (Å²) in [4.78, 5) is 4.36. The summed E-state index contributed by atoms with van der Waals surface area (Å²) in [7, 11) is 0. The van der Waals surface area contributed by atoms with Crippen molar-refractivity contribution in [1.29, 1.82) is 0 Å². The van der Waals surface area contributed by atoms with Crippen LogP contribution in [-0.4, -0.2) is 33.9 Å². The van der Waals surface area contributed by atoms with Crippen molar-refractivity contribution in [2.24, 2.45) is 0 Å². The topological polar surface area (TPSA) is 65.4 Å². The number of benzene rings is 1. The highest BCUT2D eigenvalue weighted by Gasteiger charge is 2.17. The molecule has 2 rings (SSSR count). The van der Waals surface area contributed by atoms with Crippen LogP contribution in [0, 0.1) is 0 Å².